The van der Waals surface area contributed by atoms with Gasteiger partial charge < -0.3 is 20.5 Å². The predicted molar refractivity (Wildman–Crippen MR) is 82.7 cm³/mol. The van der Waals surface area contributed by atoms with Crippen LogP contribution in [0, 0.1) is 11.8 Å². The van der Waals surface area contributed by atoms with E-state index in [9.17, 15) is 9.59 Å². The monoisotopic (exact) mass is 312 g/mol. The van der Waals surface area contributed by atoms with E-state index in [1.807, 2.05) is 0 Å². The van der Waals surface area contributed by atoms with Crippen molar-refractivity contribution in [1.29, 1.82) is 0 Å². The lowest BCUT2D eigenvalue weighted by molar-refractivity contribution is -0.142. The van der Waals surface area contributed by atoms with E-state index in [2.05, 4.69) is 10.6 Å². The Hall–Kier alpha value is -1.30. The molecule has 2 saturated carbocycles. The van der Waals surface area contributed by atoms with Crippen molar-refractivity contribution in [3.63, 3.8) is 0 Å². The van der Waals surface area contributed by atoms with Crippen molar-refractivity contribution >= 4 is 12.0 Å². The Morgan fingerprint density at radius 2 is 1.73 bits per heavy atom. The van der Waals surface area contributed by atoms with E-state index >= 15 is 0 Å². The third kappa shape index (κ3) is 5.83. The molecule has 2 rings (SSSR count). The van der Waals surface area contributed by atoms with Crippen molar-refractivity contribution < 1.29 is 19.4 Å². The van der Waals surface area contributed by atoms with E-state index in [0.717, 1.165) is 19.4 Å². The first-order valence-corrected chi connectivity index (χ1v) is 8.50. The summed E-state index contributed by atoms with van der Waals surface area (Å²) in [5.41, 5.74) is 0. The van der Waals surface area contributed by atoms with Gasteiger partial charge in [0.15, 0.2) is 0 Å². The Morgan fingerprint density at radius 3 is 2.36 bits per heavy atom. The Kier molecular flexibility index (Phi) is 6.96. The summed E-state index contributed by atoms with van der Waals surface area (Å²) in [7, 11) is 0. The second-order valence-corrected chi connectivity index (χ2v) is 6.51. The van der Waals surface area contributed by atoms with Crippen LogP contribution in [0.2, 0.25) is 0 Å². The van der Waals surface area contributed by atoms with Crippen LogP contribution < -0.4 is 10.6 Å². The standard InChI is InChI=1S/C16H28N2O4/c19-15(20)13-5-7-14(8-6-13)18-16(21)17-9-10-22-11-12-3-1-2-4-12/h12-14H,1-11H2,(H,19,20)(H2,17,18,21). The summed E-state index contributed by atoms with van der Waals surface area (Å²) in [6.45, 7) is 1.88. The lowest BCUT2D eigenvalue weighted by Crippen LogP contribution is -2.45. The average Bonchev–Trinajstić information content (AvgIpc) is 3.00. The second kappa shape index (κ2) is 8.98. The summed E-state index contributed by atoms with van der Waals surface area (Å²) in [4.78, 5) is 22.6. The molecule has 0 atom stereocenters. The fraction of sp³-hybridized carbons (Fsp3) is 0.875. The Bertz CT molecular complexity index is 361. The van der Waals surface area contributed by atoms with Crippen LogP contribution in [0.15, 0.2) is 0 Å². The molecule has 2 aliphatic rings. The van der Waals surface area contributed by atoms with Crippen molar-refractivity contribution in [2.24, 2.45) is 11.8 Å². The zero-order chi connectivity index (χ0) is 15.8. The Labute approximate surface area is 132 Å². The van der Waals surface area contributed by atoms with Crippen LogP contribution in [0.25, 0.3) is 0 Å². The molecule has 2 aliphatic carbocycles. The van der Waals surface area contributed by atoms with Gasteiger partial charge in [-0.1, -0.05) is 12.8 Å². The molecule has 2 amide bonds. The van der Waals surface area contributed by atoms with Gasteiger partial charge in [0.2, 0.25) is 0 Å². The molecule has 0 unspecified atom stereocenters. The molecule has 22 heavy (non-hydrogen) atoms. The van der Waals surface area contributed by atoms with Gasteiger partial charge in [0, 0.05) is 19.2 Å². The van der Waals surface area contributed by atoms with Gasteiger partial charge in [0.25, 0.3) is 0 Å². The maximum Gasteiger partial charge on any atom is 0.315 e. The molecule has 0 bridgehead atoms. The minimum absolute atomic E-state index is 0.0926. The number of carboxylic acids is 1. The number of hydrogen-bond acceptors (Lipinski definition) is 3. The van der Waals surface area contributed by atoms with Crippen molar-refractivity contribution in [3.8, 4) is 0 Å². The molecule has 2 fully saturated rings. The fourth-order valence-electron chi connectivity index (χ4n) is 3.38. The van der Waals surface area contributed by atoms with E-state index in [1.165, 1.54) is 25.7 Å². The van der Waals surface area contributed by atoms with Crippen LogP contribution in [0.4, 0.5) is 4.79 Å². The molecule has 6 nitrogen and oxygen atoms in total. The molecule has 126 valence electrons. The number of hydrogen-bond donors (Lipinski definition) is 3. The van der Waals surface area contributed by atoms with E-state index in [4.69, 9.17) is 9.84 Å². The first-order valence-electron chi connectivity index (χ1n) is 8.50. The zero-order valence-electron chi connectivity index (χ0n) is 13.2. The first-order chi connectivity index (χ1) is 10.6. The van der Waals surface area contributed by atoms with Crippen LogP contribution in [0.1, 0.15) is 51.4 Å². The van der Waals surface area contributed by atoms with Crippen molar-refractivity contribution in [3.05, 3.63) is 0 Å². The molecule has 0 aromatic heterocycles. The number of ether oxygens (including phenoxy) is 1. The van der Waals surface area contributed by atoms with Gasteiger partial charge in [0.1, 0.15) is 0 Å². The van der Waals surface area contributed by atoms with Crippen molar-refractivity contribution in [1.82, 2.24) is 10.6 Å². The lowest BCUT2D eigenvalue weighted by atomic mass is 9.86. The molecule has 0 aliphatic heterocycles. The topological polar surface area (TPSA) is 87.7 Å². The third-order valence-corrected chi connectivity index (χ3v) is 4.77. The molecule has 0 aromatic carbocycles. The molecule has 0 heterocycles. The number of carbonyl (C=O) groups is 2. The minimum atomic E-state index is -0.720. The highest BCUT2D eigenvalue weighted by Crippen LogP contribution is 2.25. The van der Waals surface area contributed by atoms with Crippen LogP contribution in [-0.2, 0) is 9.53 Å². The van der Waals surface area contributed by atoms with Crippen LogP contribution in [0.5, 0.6) is 0 Å². The molecular weight excluding hydrogens is 284 g/mol. The quantitative estimate of drug-likeness (QED) is 0.628. The molecule has 0 radical (unpaired) electrons. The summed E-state index contributed by atoms with van der Waals surface area (Å²) in [6.07, 6.45) is 7.94. The highest BCUT2D eigenvalue weighted by Gasteiger charge is 2.26. The first kappa shape index (κ1) is 17.1. The van der Waals surface area contributed by atoms with Gasteiger partial charge in [-0.2, -0.15) is 0 Å². The van der Waals surface area contributed by atoms with E-state index in [1.54, 1.807) is 0 Å². The number of aliphatic carboxylic acids is 1. The molecular formula is C16H28N2O4. The highest BCUT2D eigenvalue weighted by molar-refractivity contribution is 5.74. The van der Waals surface area contributed by atoms with Gasteiger partial charge in [-0.25, -0.2) is 4.79 Å². The van der Waals surface area contributed by atoms with Crippen molar-refractivity contribution in [2.45, 2.75) is 57.4 Å². The highest BCUT2D eigenvalue weighted by atomic mass is 16.5. The summed E-state index contributed by atoms with van der Waals surface area (Å²) >= 11 is 0. The van der Waals surface area contributed by atoms with Gasteiger partial charge in [0.05, 0.1) is 12.5 Å². The fourth-order valence-corrected chi connectivity index (χ4v) is 3.38. The SMILES string of the molecule is O=C(NCCOCC1CCCC1)NC1CCC(C(=O)O)CC1. The van der Waals surface area contributed by atoms with E-state index in [0.29, 0.717) is 31.9 Å². The molecule has 0 saturated heterocycles. The van der Waals surface area contributed by atoms with Gasteiger partial charge in [-0.05, 0) is 44.4 Å². The largest absolute Gasteiger partial charge is 0.481 e. The van der Waals surface area contributed by atoms with E-state index < -0.39 is 5.97 Å². The molecule has 0 spiro atoms. The lowest BCUT2D eigenvalue weighted by Gasteiger charge is -2.26. The average molecular weight is 312 g/mol. The maximum absolute atomic E-state index is 11.8. The summed E-state index contributed by atoms with van der Waals surface area (Å²) in [5.74, 6) is -0.259. The minimum Gasteiger partial charge on any atom is -0.481 e. The summed E-state index contributed by atoms with van der Waals surface area (Å²) in [6, 6.07) is -0.0850. The van der Waals surface area contributed by atoms with Gasteiger partial charge in [-0.3, -0.25) is 4.79 Å². The smallest absolute Gasteiger partial charge is 0.315 e. The summed E-state index contributed by atoms with van der Waals surface area (Å²) < 4.78 is 5.59. The number of rotatable bonds is 7. The third-order valence-electron chi connectivity index (χ3n) is 4.77. The zero-order valence-corrected chi connectivity index (χ0v) is 13.2. The molecule has 0 aromatic rings. The maximum atomic E-state index is 11.8. The number of amides is 2. The van der Waals surface area contributed by atoms with E-state index in [-0.39, 0.29) is 18.0 Å². The Balaban J connectivity index is 1.48. The number of nitrogens with one attached hydrogen (secondary N) is 2. The molecule has 3 N–H and O–H groups in total. The van der Waals surface area contributed by atoms with Gasteiger partial charge in [-0.15, -0.1) is 0 Å². The van der Waals surface area contributed by atoms with Crippen molar-refractivity contribution in [2.75, 3.05) is 19.8 Å². The van der Waals surface area contributed by atoms with Gasteiger partial charge >= 0.3 is 12.0 Å². The number of carboxylic acid groups (broad SMARTS) is 1. The van der Waals surface area contributed by atoms with Crippen LogP contribution >= 0.6 is 0 Å². The van der Waals surface area contributed by atoms with Crippen LogP contribution in [0.3, 0.4) is 0 Å². The number of carbonyl (C=O) groups excluding carboxylic acids is 1. The second-order valence-electron chi connectivity index (χ2n) is 6.51. The number of urea groups is 1. The normalized spacial score (nSPS) is 25.8. The predicted octanol–water partition coefficient (Wildman–Crippen LogP) is 2.14. The molecule has 6 heteroatoms. The van der Waals surface area contributed by atoms with Crippen LogP contribution in [-0.4, -0.2) is 42.9 Å². The summed E-state index contributed by atoms with van der Waals surface area (Å²) in [5, 5.41) is 14.6. The Morgan fingerprint density at radius 1 is 1.05 bits per heavy atom.